The first-order valence-corrected chi connectivity index (χ1v) is 10.9. The molecule has 31 heavy (non-hydrogen) atoms. The quantitative estimate of drug-likeness (QED) is 0.215. The molecule has 0 saturated carbocycles. The number of amides is 1. The molecular weight excluding hydrogens is 432 g/mol. The predicted octanol–water partition coefficient (Wildman–Crippen LogP) is 5.51. The van der Waals surface area contributed by atoms with Crippen LogP contribution in [0.15, 0.2) is 82.5 Å². The van der Waals surface area contributed by atoms with Crippen molar-refractivity contribution in [2.75, 3.05) is 6.54 Å². The summed E-state index contributed by atoms with van der Waals surface area (Å²) in [7, 11) is 0. The minimum Gasteiger partial charge on any atom is -0.282 e. The Labute approximate surface area is 186 Å². The second-order valence-corrected chi connectivity index (χ2v) is 8.29. The minimum absolute atomic E-state index is 0.0298. The summed E-state index contributed by atoms with van der Waals surface area (Å²) in [4.78, 5) is 34.6. The minimum atomic E-state index is -0.463. The van der Waals surface area contributed by atoms with Crippen molar-refractivity contribution in [1.82, 2.24) is 9.88 Å². The molecule has 0 N–H and O–H groups in total. The smallest absolute Gasteiger partial charge is 0.270 e. The van der Waals surface area contributed by atoms with Crippen LogP contribution < -0.4 is 0 Å². The second-order valence-electron chi connectivity index (χ2n) is 6.44. The van der Waals surface area contributed by atoms with E-state index in [1.54, 1.807) is 24.3 Å². The molecule has 1 aliphatic rings. The van der Waals surface area contributed by atoms with Gasteiger partial charge in [0.1, 0.15) is 0 Å². The van der Waals surface area contributed by atoms with Crippen LogP contribution >= 0.6 is 23.1 Å². The Balaban J connectivity index is 1.64. The van der Waals surface area contributed by atoms with Gasteiger partial charge in [0, 0.05) is 29.6 Å². The maximum absolute atomic E-state index is 12.9. The van der Waals surface area contributed by atoms with Crippen LogP contribution in [0.25, 0.3) is 17.3 Å². The van der Waals surface area contributed by atoms with Gasteiger partial charge in [0.15, 0.2) is 5.17 Å². The Bertz CT molecular complexity index is 1220. The largest absolute Gasteiger partial charge is 0.282 e. The summed E-state index contributed by atoms with van der Waals surface area (Å²) in [5.41, 5.74) is 2.36. The monoisotopic (exact) mass is 448 g/mol. The van der Waals surface area contributed by atoms with Gasteiger partial charge in [-0.2, -0.15) is 4.99 Å². The molecule has 1 saturated heterocycles. The molecule has 0 unspecified atom stereocenters. The fourth-order valence-corrected chi connectivity index (χ4v) is 4.64. The number of carbonyl (C=O) groups excluding carboxylic acids is 1. The Hall–Kier alpha value is -3.56. The number of aliphatic imine (C=N–C) groups is 1. The van der Waals surface area contributed by atoms with Crippen molar-refractivity contribution in [2.24, 2.45) is 4.99 Å². The molecule has 7 nitrogen and oxygen atoms in total. The number of amidine groups is 1. The number of thiazole rings is 1. The molecule has 0 radical (unpaired) electrons. The zero-order chi connectivity index (χ0) is 21.8. The third kappa shape index (κ3) is 4.62. The normalized spacial score (nSPS) is 16.3. The van der Waals surface area contributed by atoms with Crippen molar-refractivity contribution < 1.29 is 9.72 Å². The number of hydrogen-bond acceptors (Lipinski definition) is 7. The average Bonchev–Trinajstić information content (AvgIpc) is 3.35. The van der Waals surface area contributed by atoms with E-state index in [9.17, 15) is 14.9 Å². The molecule has 3 aromatic rings. The van der Waals surface area contributed by atoms with Crippen molar-refractivity contribution >= 4 is 51.1 Å². The number of non-ortho nitro benzene ring substituents is 1. The van der Waals surface area contributed by atoms with Crippen molar-refractivity contribution in [3.8, 4) is 11.3 Å². The van der Waals surface area contributed by atoms with E-state index in [4.69, 9.17) is 0 Å². The van der Waals surface area contributed by atoms with Crippen LogP contribution in [0.5, 0.6) is 0 Å². The van der Waals surface area contributed by atoms with Gasteiger partial charge in [-0.05, 0) is 23.4 Å². The lowest BCUT2D eigenvalue weighted by atomic mass is 10.2. The molecule has 1 amide bonds. The third-order valence-corrected chi connectivity index (χ3v) is 6.07. The molecule has 1 aliphatic heterocycles. The number of nitrogens with zero attached hydrogens (tertiary/aromatic N) is 4. The zero-order valence-electron chi connectivity index (χ0n) is 16.2. The van der Waals surface area contributed by atoms with E-state index in [1.165, 1.54) is 40.1 Å². The third-order valence-electron chi connectivity index (χ3n) is 4.33. The van der Waals surface area contributed by atoms with Crippen molar-refractivity contribution in [3.63, 3.8) is 0 Å². The molecule has 0 spiro atoms. The number of rotatable bonds is 6. The highest BCUT2D eigenvalue weighted by Crippen LogP contribution is 2.35. The molecular formula is C22H16N4O3S2. The average molecular weight is 449 g/mol. The van der Waals surface area contributed by atoms with Gasteiger partial charge in [-0.1, -0.05) is 48.5 Å². The van der Waals surface area contributed by atoms with E-state index in [-0.39, 0.29) is 11.6 Å². The van der Waals surface area contributed by atoms with Crippen LogP contribution in [0.3, 0.4) is 0 Å². The Morgan fingerprint density at radius 1 is 1.19 bits per heavy atom. The molecule has 0 atom stereocenters. The van der Waals surface area contributed by atoms with Crippen molar-refractivity contribution in [2.45, 2.75) is 0 Å². The van der Waals surface area contributed by atoms with Crippen molar-refractivity contribution in [1.29, 1.82) is 0 Å². The molecule has 0 bridgehead atoms. The molecule has 2 aromatic carbocycles. The van der Waals surface area contributed by atoms with Crippen molar-refractivity contribution in [3.05, 3.63) is 93.2 Å². The standard InChI is InChI=1S/C22H16N4O3S2/c1-2-11-25-20(27)19(13-15-7-6-10-17(12-15)26(28)29)31-22(25)24-21-23-18(14-30-21)16-8-4-3-5-9-16/h2-10,12-14H,1,11H2/b19-13-,24-22+. The van der Waals surface area contributed by atoms with E-state index >= 15 is 0 Å². The first-order valence-electron chi connectivity index (χ1n) is 9.21. The topological polar surface area (TPSA) is 88.7 Å². The Morgan fingerprint density at radius 3 is 2.74 bits per heavy atom. The highest BCUT2D eigenvalue weighted by atomic mass is 32.2. The van der Waals surface area contributed by atoms with Gasteiger partial charge in [-0.3, -0.25) is 19.8 Å². The molecule has 9 heteroatoms. The first kappa shape index (κ1) is 20.7. The molecule has 1 aromatic heterocycles. The van der Waals surface area contributed by atoms with E-state index in [0.29, 0.717) is 27.3 Å². The highest BCUT2D eigenvalue weighted by Gasteiger charge is 2.33. The van der Waals surface area contributed by atoms with Crippen LogP contribution in [0.2, 0.25) is 0 Å². The number of nitro groups is 1. The van der Waals surface area contributed by atoms with Crippen LogP contribution in [-0.4, -0.2) is 32.4 Å². The van der Waals surface area contributed by atoms with Gasteiger partial charge >= 0.3 is 0 Å². The van der Waals surface area contributed by atoms with E-state index in [0.717, 1.165) is 11.3 Å². The predicted molar refractivity (Wildman–Crippen MR) is 125 cm³/mol. The molecule has 154 valence electrons. The van der Waals surface area contributed by atoms with E-state index in [2.05, 4.69) is 16.6 Å². The second kappa shape index (κ2) is 9.07. The van der Waals surface area contributed by atoms with Crippen LogP contribution in [0.4, 0.5) is 10.8 Å². The number of aromatic nitrogens is 1. The van der Waals surface area contributed by atoms with Gasteiger partial charge in [-0.25, -0.2) is 4.98 Å². The van der Waals surface area contributed by atoms with Crippen LogP contribution in [0, 0.1) is 10.1 Å². The summed E-state index contributed by atoms with van der Waals surface area (Å²) in [5, 5.41) is 14.0. The summed E-state index contributed by atoms with van der Waals surface area (Å²) in [6, 6.07) is 15.9. The lowest BCUT2D eigenvalue weighted by Gasteiger charge is -2.11. The fraction of sp³-hybridized carbons (Fsp3) is 0.0455. The SMILES string of the molecule is C=CCN1C(=O)/C(=C/c2cccc([N+](=O)[O-])c2)S/C1=N/c1nc(-c2ccccc2)cs1. The molecule has 0 aliphatic carbocycles. The molecule has 2 heterocycles. The van der Waals surface area contributed by atoms with E-state index < -0.39 is 4.92 Å². The lowest BCUT2D eigenvalue weighted by molar-refractivity contribution is -0.384. The Morgan fingerprint density at radius 2 is 2.00 bits per heavy atom. The van der Waals surface area contributed by atoms with Crippen LogP contribution in [0.1, 0.15) is 5.56 Å². The molecule has 1 fully saturated rings. The summed E-state index contributed by atoms with van der Waals surface area (Å²) in [6.45, 7) is 4.02. The highest BCUT2D eigenvalue weighted by molar-refractivity contribution is 8.18. The lowest BCUT2D eigenvalue weighted by Crippen LogP contribution is -2.29. The van der Waals surface area contributed by atoms with Gasteiger partial charge in [0.25, 0.3) is 11.6 Å². The fourth-order valence-electron chi connectivity index (χ4n) is 2.90. The summed E-state index contributed by atoms with van der Waals surface area (Å²) >= 11 is 2.61. The Kier molecular flexibility index (Phi) is 6.06. The van der Waals surface area contributed by atoms with Crippen LogP contribution in [-0.2, 0) is 4.79 Å². The van der Waals surface area contributed by atoms with Gasteiger partial charge in [0.05, 0.1) is 15.5 Å². The zero-order valence-corrected chi connectivity index (χ0v) is 17.8. The summed E-state index contributed by atoms with van der Waals surface area (Å²) in [5.74, 6) is -0.227. The van der Waals surface area contributed by atoms with Gasteiger partial charge < -0.3 is 0 Å². The summed E-state index contributed by atoms with van der Waals surface area (Å²) < 4.78 is 0. The number of nitro benzene ring substituents is 1. The molecule has 4 rings (SSSR count). The summed E-state index contributed by atoms with van der Waals surface area (Å²) in [6.07, 6.45) is 3.26. The van der Waals surface area contributed by atoms with E-state index in [1.807, 2.05) is 35.7 Å². The first-order chi connectivity index (χ1) is 15.0. The van der Waals surface area contributed by atoms with Gasteiger partial charge in [0.2, 0.25) is 5.13 Å². The maximum Gasteiger partial charge on any atom is 0.270 e. The maximum atomic E-state index is 12.9. The van der Waals surface area contributed by atoms with Gasteiger partial charge in [-0.15, -0.1) is 17.9 Å². The number of carbonyl (C=O) groups is 1. The number of hydrogen-bond donors (Lipinski definition) is 0. The number of benzene rings is 2. The number of thioether (sulfide) groups is 1.